The molecule has 1 unspecified atom stereocenters. The molecule has 0 aliphatic carbocycles. The zero-order chi connectivity index (χ0) is 20.9. The third-order valence-corrected chi connectivity index (χ3v) is 4.80. The number of ether oxygens (including phenoxy) is 2. The minimum Gasteiger partial charge on any atom is -0.406 e. The number of hydrogen-bond acceptors (Lipinski definition) is 4. The molecule has 0 saturated carbocycles. The minimum absolute atomic E-state index is 0.0760. The summed E-state index contributed by atoms with van der Waals surface area (Å²) in [6.07, 6.45) is -4.77. The molecule has 1 N–H and O–H groups in total. The maximum atomic E-state index is 12.5. The van der Waals surface area contributed by atoms with Gasteiger partial charge in [0.1, 0.15) is 5.75 Å². The van der Waals surface area contributed by atoms with Crippen molar-refractivity contribution in [3.63, 3.8) is 0 Å². The maximum absolute atomic E-state index is 12.5. The highest BCUT2D eigenvalue weighted by atomic mass is 35.5. The van der Waals surface area contributed by atoms with Gasteiger partial charge in [0.05, 0.1) is 19.3 Å². The highest BCUT2D eigenvalue weighted by molar-refractivity contribution is 6.30. The number of amides is 1. The van der Waals surface area contributed by atoms with E-state index in [1.54, 1.807) is 12.1 Å². The Hall–Kier alpha value is -2.29. The highest BCUT2D eigenvalue weighted by Crippen LogP contribution is 2.24. The molecule has 9 heteroatoms. The molecule has 5 nitrogen and oxygen atoms in total. The Balaban J connectivity index is 1.66. The number of nitrogens with zero attached hydrogens (tertiary/aromatic N) is 1. The molecule has 1 amide bonds. The maximum Gasteiger partial charge on any atom is 0.573 e. The van der Waals surface area contributed by atoms with Crippen LogP contribution in [0.2, 0.25) is 5.02 Å². The van der Waals surface area contributed by atoms with Crippen LogP contribution in [0.3, 0.4) is 0 Å². The first-order valence-corrected chi connectivity index (χ1v) is 9.41. The van der Waals surface area contributed by atoms with E-state index in [-0.39, 0.29) is 23.3 Å². The number of carbonyl (C=O) groups is 1. The molecular weight excluding hydrogens is 409 g/mol. The fraction of sp³-hybridized carbons (Fsp3) is 0.350. The first-order valence-electron chi connectivity index (χ1n) is 9.03. The molecule has 3 rings (SSSR count). The van der Waals surface area contributed by atoms with E-state index in [0.29, 0.717) is 24.8 Å². The van der Waals surface area contributed by atoms with Crippen LogP contribution in [0.4, 0.5) is 13.2 Å². The summed E-state index contributed by atoms with van der Waals surface area (Å²) in [5.74, 6) is -0.753. The van der Waals surface area contributed by atoms with Crippen molar-refractivity contribution in [1.82, 2.24) is 10.2 Å². The third kappa shape index (κ3) is 6.35. The summed E-state index contributed by atoms with van der Waals surface area (Å²) in [6, 6.07) is 12.2. The molecule has 1 atom stereocenters. The van der Waals surface area contributed by atoms with Crippen molar-refractivity contribution in [3.8, 4) is 5.75 Å². The van der Waals surface area contributed by atoms with E-state index in [2.05, 4.69) is 15.0 Å². The van der Waals surface area contributed by atoms with Crippen LogP contribution < -0.4 is 10.1 Å². The predicted octanol–water partition coefficient (Wildman–Crippen LogP) is 4.04. The number of nitrogens with one attached hydrogen (secondary N) is 1. The van der Waals surface area contributed by atoms with Gasteiger partial charge in [-0.15, -0.1) is 13.2 Å². The average Bonchev–Trinajstić information content (AvgIpc) is 2.69. The monoisotopic (exact) mass is 428 g/mol. The number of halogens is 4. The summed E-state index contributed by atoms with van der Waals surface area (Å²) < 4.78 is 46.0. The molecule has 1 aliphatic heterocycles. The standard InChI is InChI=1S/C20H20ClF3N2O3/c21-16-5-1-14(2-6-16)18(26-9-11-28-12-10-26)13-25-19(27)15-3-7-17(8-4-15)29-20(22,23)24/h1-8,18H,9-13H2,(H,25,27). The normalized spacial score (nSPS) is 16.3. The number of rotatable bonds is 6. The molecule has 0 radical (unpaired) electrons. The van der Waals surface area contributed by atoms with Crippen molar-refractivity contribution in [2.45, 2.75) is 12.4 Å². The summed E-state index contributed by atoms with van der Waals surface area (Å²) in [7, 11) is 0. The van der Waals surface area contributed by atoms with E-state index >= 15 is 0 Å². The van der Waals surface area contributed by atoms with Gasteiger partial charge < -0.3 is 14.8 Å². The molecule has 1 heterocycles. The molecule has 1 aliphatic rings. The lowest BCUT2D eigenvalue weighted by molar-refractivity contribution is -0.274. The van der Waals surface area contributed by atoms with Gasteiger partial charge >= 0.3 is 6.36 Å². The van der Waals surface area contributed by atoms with Crippen molar-refractivity contribution in [2.75, 3.05) is 32.8 Å². The van der Waals surface area contributed by atoms with Crippen LogP contribution in [0.5, 0.6) is 5.75 Å². The first kappa shape index (κ1) is 21.4. The van der Waals surface area contributed by atoms with Crippen LogP contribution >= 0.6 is 11.6 Å². The van der Waals surface area contributed by atoms with Crippen molar-refractivity contribution in [2.24, 2.45) is 0 Å². The molecule has 2 aromatic rings. The average molecular weight is 429 g/mol. The first-order chi connectivity index (χ1) is 13.8. The second kappa shape index (κ2) is 9.47. The van der Waals surface area contributed by atoms with E-state index < -0.39 is 6.36 Å². The summed E-state index contributed by atoms with van der Waals surface area (Å²) in [5.41, 5.74) is 1.25. The van der Waals surface area contributed by atoms with E-state index in [1.165, 1.54) is 12.1 Å². The zero-order valence-corrected chi connectivity index (χ0v) is 16.2. The molecule has 0 spiro atoms. The quantitative estimate of drug-likeness (QED) is 0.754. The largest absolute Gasteiger partial charge is 0.573 e. The molecule has 0 bridgehead atoms. The molecule has 29 heavy (non-hydrogen) atoms. The molecule has 2 aromatic carbocycles. The van der Waals surface area contributed by atoms with E-state index in [4.69, 9.17) is 16.3 Å². The SMILES string of the molecule is O=C(NCC(c1ccc(Cl)cc1)N1CCOCC1)c1ccc(OC(F)(F)F)cc1. The van der Waals surface area contributed by atoms with Gasteiger partial charge in [-0.3, -0.25) is 9.69 Å². The minimum atomic E-state index is -4.77. The van der Waals surface area contributed by atoms with Crippen LogP contribution in [0.1, 0.15) is 22.0 Å². The van der Waals surface area contributed by atoms with Crippen molar-refractivity contribution < 1.29 is 27.4 Å². The van der Waals surface area contributed by atoms with Gasteiger partial charge in [0.15, 0.2) is 0 Å². The van der Waals surface area contributed by atoms with E-state index in [0.717, 1.165) is 30.8 Å². The van der Waals surface area contributed by atoms with Gasteiger partial charge in [-0.2, -0.15) is 0 Å². The second-order valence-corrected chi connectivity index (χ2v) is 6.93. The molecule has 1 saturated heterocycles. The number of benzene rings is 2. The van der Waals surface area contributed by atoms with Crippen LogP contribution in [0.25, 0.3) is 0 Å². The lowest BCUT2D eigenvalue weighted by atomic mass is 10.0. The highest BCUT2D eigenvalue weighted by Gasteiger charge is 2.31. The van der Waals surface area contributed by atoms with Crippen LogP contribution in [0.15, 0.2) is 48.5 Å². The summed E-state index contributed by atoms with van der Waals surface area (Å²) in [6.45, 7) is 3.01. The van der Waals surface area contributed by atoms with Gasteiger partial charge in [-0.25, -0.2) is 0 Å². The molecular formula is C20H20ClF3N2O3. The summed E-state index contributed by atoms with van der Waals surface area (Å²) in [5, 5.41) is 3.48. The van der Waals surface area contributed by atoms with E-state index in [9.17, 15) is 18.0 Å². The molecule has 156 valence electrons. The van der Waals surface area contributed by atoms with Crippen LogP contribution in [-0.4, -0.2) is 50.0 Å². The summed E-state index contributed by atoms with van der Waals surface area (Å²) in [4.78, 5) is 14.7. The Morgan fingerprint density at radius 2 is 1.72 bits per heavy atom. The third-order valence-electron chi connectivity index (χ3n) is 4.55. The predicted molar refractivity (Wildman–Crippen MR) is 102 cm³/mol. The Bertz CT molecular complexity index is 807. The van der Waals surface area contributed by atoms with Crippen LogP contribution in [-0.2, 0) is 4.74 Å². The van der Waals surface area contributed by atoms with Gasteiger partial charge in [0.25, 0.3) is 5.91 Å². The molecule has 1 fully saturated rings. The van der Waals surface area contributed by atoms with Gasteiger partial charge in [0.2, 0.25) is 0 Å². The van der Waals surface area contributed by atoms with Gasteiger partial charge in [-0.1, -0.05) is 23.7 Å². The van der Waals surface area contributed by atoms with Gasteiger partial charge in [0, 0.05) is 30.2 Å². The fourth-order valence-electron chi connectivity index (χ4n) is 3.13. The number of hydrogen-bond donors (Lipinski definition) is 1. The molecule has 0 aromatic heterocycles. The number of carbonyl (C=O) groups excluding carboxylic acids is 1. The van der Waals surface area contributed by atoms with Gasteiger partial charge in [-0.05, 0) is 42.0 Å². The number of morpholine rings is 1. The lowest BCUT2D eigenvalue weighted by Gasteiger charge is -2.35. The Morgan fingerprint density at radius 3 is 2.31 bits per heavy atom. The Labute approximate surface area is 171 Å². The van der Waals surface area contributed by atoms with Crippen LogP contribution in [0, 0.1) is 0 Å². The Morgan fingerprint density at radius 1 is 1.10 bits per heavy atom. The topological polar surface area (TPSA) is 50.8 Å². The smallest absolute Gasteiger partial charge is 0.406 e. The van der Waals surface area contributed by atoms with E-state index in [1.807, 2.05) is 12.1 Å². The second-order valence-electron chi connectivity index (χ2n) is 6.50. The fourth-order valence-corrected chi connectivity index (χ4v) is 3.26. The Kier molecular flexibility index (Phi) is 7.00. The summed E-state index contributed by atoms with van der Waals surface area (Å²) >= 11 is 5.98. The lowest BCUT2D eigenvalue weighted by Crippen LogP contribution is -2.43. The van der Waals surface area contributed by atoms with Crippen molar-refractivity contribution in [3.05, 3.63) is 64.7 Å². The zero-order valence-electron chi connectivity index (χ0n) is 15.4. The van der Waals surface area contributed by atoms with Crippen molar-refractivity contribution >= 4 is 17.5 Å². The number of alkyl halides is 3. The van der Waals surface area contributed by atoms with Crippen molar-refractivity contribution in [1.29, 1.82) is 0 Å².